The van der Waals surface area contributed by atoms with Crippen LogP contribution in [0.4, 0.5) is 4.39 Å². The van der Waals surface area contributed by atoms with Crippen molar-refractivity contribution in [2.75, 3.05) is 66.2 Å². The molecule has 0 unspecified atom stereocenters. The van der Waals surface area contributed by atoms with E-state index in [-0.39, 0.29) is 29.8 Å². The van der Waals surface area contributed by atoms with E-state index < -0.39 is 0 Å². The molecular formula is C23H38FIN4O3. The normalized spacial score (nSPS) is 18.3. The predicted octanol–water partition coefficient (Wildman–Crippen LogP) is 3.12. The molecule has 2 aliphatic rings. The summed E-state index contributed by atoms with van der Waals surface area (Å²) in [5, 5.41) is 3.41. The monoisotopic (exact) mass is 564 g/mol. The Morgan fingerprint density at radius 3 is 2.62 bits per heavy atom. The summed E-state index contributed by atoms with van der Waals surface area (Å²) < 4.78 is 30.3. The summed E-state index contributed by atoms with van der Waals surface area (Å²) in [6.07, 6.45) is 3.27. The van der Waals surface area contributed by atoms with Gasteiger partial charge in [-0.25, -0.2) is 4.39 Å². The second-order valence-electron chi connectivity index (χ2n) is 8.00. The van der Waals surface area contributed by atoms with Gasteiger partial charge in [0.2, 0.25) is 0 Å². The zero-order chi connectivity index (χ0) is 21.9. The van der Waals surface area contributed by atoms with Crippen molar-refractivity contribution in [3.05, 3.63) is 29.6 Å². The zero-order valence-electron chi connectivity index (χ0n) is 19.4. The molecule has 0 bridgehead atoms. The topological polar surface area (TPSA) is 58.6 Å². The van der Waals surface area contributed by atoms with Crippen molar-refractivity contribution in [2.45, 2.75) is 38.8 Å². The van der Waals surface area contributed by atoms with E-state index in [1.165, 1.54) is 7.11 Å². The van der Waals surface area contributed by atoms with Crippen LogP contribution in [-0.4, -0.2) is 88.1 Å². The molecule has 7 nitrogen and oxygen atoms in total. The number of methoxy groups -OCH3 is 1. The Morgan fingerprint density at radius 2 is 1.97 bits per heavy atom. The molecule has 1 aromatic rings. The first kappa shape index (κ1) is 27.1. The first-order valence-corrected chi connectivity index (χ1v) is 11.5. The van der Waals surface area contributed by atoms with Crippen molar-refractivity contribution in [2.24, 2.45) is 4.99 Å². The van der Waals surface area contributed by atoms with Crippen molar-refractivity contribution in [3.63, 3.8) is 0 Å². The maximum absolute atomic E-state index is 13.9. The van der Waals surface area contributed by atoms with Crippen molar-refractivity contribution in [1.82, 2.24) is 15.1 Å². The molecular weight excluding hydrogens is 526 g/mol. The van der Waals surface area contributed by atoms with E-state index in [0.717, 1.165) is 96.4 Å². The summed E-state index contributed by atoms with van der Waals surface area (Å²) in [4.78, 5) is 9.47. The summed E-state index contributed by atoms with van der Waals surface area (Å²) in [5.74, 6) is 0.961. The lowest BCUT2D eigenvalue weighted by atomic mass is 10.1. The maximum Gasteiger partial charge on any atom is 0.194 e. The molecule has 9 heteroatoms. The molecule has 2 fully saturated rings. The Bertz CT molecular complexity index is 696. The van der Waals surface area contributed by atoms with Crippen LogP contribution in [0.5, 0.6) is 5.75 Å². The first-order valence-electron chi connectivity index (χ1n) is 11.5. The molecule has 3 rings (SSSR count). The van der Waals surface area contributed by atoms with Crippen molar-refractivity contribution < 1.29 is 18.6 Å². The molecule has 2 heterocycles. The fourth-order valence-corrected chi connectivity index (χ4v) is 3.95. The summed E-state index contributed by atoms with van der Waals surface area (Å²) in [6.45, 7) is 10.5. The molecule has 32 heavy (non-hydrogen) atoms. The highest BCUT2D eigenvalue weighted by atomic mass is 127. The van der Waals surface area contributed by atoms with Gasteiger partial charge in [0.15, 0.2) is 17.5 Å². The van der Waals surface area contributed by atoms with Crippen LogP contribution in [0.25, 0.3) is 0 Å². The number of aliphatic imine (C=N–C) groups is 1. The lowest BCUT2D eigenvalue weighted by Crippen LogP contribution is -2.52. The molecule has 2 aliphatic heterocycles. The van der Waals surface area contributed by atoms with E-state index in [1.54, 1.807) is 12.1 Å². The lowest BCUT2D eigenvalue weighted by molar-refractivity contribution is -0.0318. The molecule has 0 atom stereocenters. The number of hydrogen-bond acceptors (Lipinski definition) is 5. The van der Waals surface area contributed by atoms with E-state index in [1.807, 2.05) is 6.07 Å². The van der Waals surface area contributed by atoms with Gasteiger partial charge in [0.1, 0.15) is 0 Å². The number of guanidine groups is 1. The lowest BCUT2D eigenvalue weighted by Gasteiger charge is -2.36. The Morgan fingerprint density at radius 1 is 1.22 bits per heavy atom. The highest BCUT2D eigenvalue weighted by molar-refractivity contribution is 14.0. The van der Waals surface area contributed by atoms with Gasteiger partial charge in [-0.15, -0.1) is 24.0 Å². The van der Waals surface area contributed by atoms with Gasteiger partial charge in [-0.2, -0.15) is 0 Å². The fraction of sp³-hybridized carbons (Fsp3) is 0.696. The Labute approximate surface area is 208 Å². The van der Waals surface area contributed by atoms with Crippen LogP contribution < -0.4 is 10.1 Å². The SMILES string of the molecule is CCNC(=NCCCOC1CCOCC1)N1CCN(Cc2ccc(OC)c(F)c2)CC1.I. The summed E-state index contributed by atoms with van der Waals surface area (Å²) >= 11 is 0. The minimum atomic E-state index is -0.305. The van der Waals surface area contributed by atoms with Gasteiger partial charge in [0.05, 0.1) is 13.2 Å². The van der Waals surface area contributed by atoms with Crippen LogP contribution >= 0.6 is 24.0 Å². The minimum Gasteiger partial charge on any atom is -0.494 e. The van der Waals surface area contributed by atoms with E-state index >= 15 is 0 Å². The van der Waals surface area contributed by atoms with E-state index in [4.69, 9.17) is 19.2 Å². The highest BCUT2D eigenvalue weighted by Gasteiger charge is 2.20. The average molecular weight is 564 g/mol. The van der Waals surface area contributed by atoms with Crippen LogP contribution in [-0.2, 0) is 16.0 Å². The van der Waals surface area contributed by atoms with Gasteiger partial charge in [0, 0.05) is 65.6 Å². The van der Waals surface area contributed by atoms with Crippen LogP contribution in [0, 0.1) is 5.82 Å². The standard InChI is InChI=1S/C23H37FN4O3.HI/c1-3-25-23(26-9-4-14-31-20-7-15-30-16-8-20)28-12-10-27(11-13-28)18-19-5-6-22(29-2)21(24)17-19;/h5-6,17,20H,3-4,7-16,18H2,1-2H3,(H,25,26);1H. The maximum atomic E-state index is 13.9. The second-order valence-corrected chi connectivity index (χ2v) is 8.00. The van der Waals surface area contributed by atoms with Gasteiger partial charge >= 0.3 is 0 Å². The Hall–Kier alpha value is -1.17. The van der Waals surface area contributed by atoms with Crippen molar-refractivity contribution in [1.29, 1.82) is 0 Å². The number of piperazine rings is 1. The van der Waals surface area contributed by atoms with Crippen molar-refractivity contribution in [3.8, 4) is 5.75 Å². The Kier molecular flexibility index (Phi) is 12.6. The van der Waals surface area contributed by atoms with Gasteiger partial charge in [-0.05, 0) is 43.9 Å². The highest BCUT2D eigenvalue weighted by Crippen LogP contribution is 2.19. The fourth-order valence-electron chi connectivity index (χ4n) is 3.95. The van der Waals surface area contributed by atoms with Gasteiger partial charge in [0.25, 0.3) is 0 Å². The van der Waals surface area contributed by atoms with E-state index in [9.17, 15) is 4.39 Å². The first-order chi connectivity index (χ1) is 15.2. The van der Waals surface area contributed by atoms with E-state index in [2.05, 4.69) is 22.0 Å². The number of benzene rings is 1. The Balaban J connectivity index is 0.00000363. The molecule has 0 spiro atoms. The minimum absolute atomic E-state index is 0. The largest absolute Gasteiger partial charge is 0.494 e. The van der Waals surface area contributed by atoms with E-state index in [0.29, 0.717) is 11.9 Å². The third kappa shape index (κ3) is 8.64. The number of halogens is 2. The summed E-state index contributed by atoms with van der Waals surface area (Å²) in [6, 6.07) is 5.20. The molecule has 0 radical (unpaired) electrons. The molecule has 1 N–H and O–H groups in total. The van der Waals surface area contributed by atoms with Gasteiger partial charge < -0.3 is 24.4 Å². The molecule has 0 aromatic heterocycles. The third-order valence-electron chi connectivity index (χ3n) is 5.72. The number of nitrogens with one attached hydrogen (secondary N) is 1. The van der Waals surface area contributed by atoms with Crippen LogP contribution in [0.1, 0.15) is 31.7 Å². The molecule has 0 aliphatic carbocycles. The molecule has 0 saturated carbocycles. The summed E-state index contributed by atoms with van der Waals surface area (Å²) in [5.41, 5.74) is 0.969. The average Bonchev–Trinajstić information content (AvgIpc) is 2.79. The second kappa shape index (κ2) is 14.9. The molecule has 2 saturated heterocycles. The number of hydrogen-bond donors (Lipinski definition) is 1. The van der Waals surface area contributed by atoms with Crippen molar-refractivity contribution >= 4 is 29.9 Å². The molecule has 1 aromatic carbocycles. The summed E-state index contributed by atoms with van der Waals surface area (Å²) in [7, 11) is 1.49. The van der Waals surface area contributed by atoms with Gasteiger partial charge in [-0.1, -0.05) is 6.07 Å². The molecule has 0 amide bonds. The zero-order valence-corrected chi connectivity index (χ0v) is 21.7. The predicted molar refractivity (Wildman–Crippen MR) is 136 cm³/mol. The van der Waals surface area contributed by atoms with Crippen LogP contribution in [0.2, 0.25) is 0 Å². The smallest absolute Gasteiger partial charge is 0.194 e. The number of nitrogens with zero attached hydrogens (tertiary/aromatic N) is 3. The third-order valence-corrected chi connectivity index (χ3v) is 5.72. The number of ether oxygens (including phenoxy) is 3. The molecule has 182 valence electrons. The quantitative estimate of drug-likeness (QED) is 0.216. The van der Waals surface area contributed by atoms with Crippen LogP contribution in [0.3, 0.4) is 0 Å². The van der Waals surface area contributed by atoms with Gasteiger partial charge in [-0.3, -0.25) is 9.89 Å². The number of rotatable bonds is 9. The van der Waals surface area contributed by atoms with Crippen LogP contribution in [0.15, 0.2) is 23.2 Å².